The Bertz CT molecular complexity index is 1520. The molecule has 2 aromatic carbocycles. The molecule has 9 heteroatoms. The maximum atomic E-state index is 12.9. The second-order valence-corrected chi connectivity index (χ2v) is 8.03. The van der Waals surface area contributed by atoms with E-state index in [4.69, 9.17) is 0 Å². The second-order valence-electron chi connectivity index (χ2n) is 8.03. The second kappa shape index (κ2) is 8.70. The van der Waals surface area contributed by atoms with Crippen LogP contribution in [0, 0.1) is 6.92 Å². The monoisotopic (exact) mass is 454 g/mol. The molecule has 5 rings (SSSR count). The molecular weight excluding hydrogens is 432 g/mol. The quantitative estimate of drug-likeness (QED) is 0.298. The van der Waals surface area contributed by atoms with Crippen LogP contribution >= 0.6 is 0 Å². The first-order valence-electron chi connectivity index (χ1n) is 10.7. The van der Waals surface area contributed by atoms with Crippen molar-refractivity contribution in [2.75, 3.05) is 5.32 Å². The Labute approximate surface area is 194 Å². The molecule has 1 unspecified atom stereocenters. The molecule has 0 aliphatic heterocycles. The number of aromatic nitrogens is 5. The fourth-order valence-corrected chi connectivity index (χ4v) is 4.02. The first-order valence-corrected chi connectivity index (χ1v) is 10.7. The zero-order chi connectivity index (χ0) is 23.7. The average molecular weight is 454 g/mol. The molecule has 0 bridgehead atoms. The van der Waals surface area contributed by atoms with E-state index in [-0.39, 0.29) is 17.5 Å². The van der Waals surface area contributed by atoms with Gasteiger partial charge in [-0.25, -0.2) is 14.8 Å². The van der Waals surface area contributed by atoms with E-state index in [0.717, 1.165) is 27.8 Å². The fourth-order valence-electron chi connectivity index (χ4n) is 4.02. The third kappa shape index (κ3) is 4.06. The molecule has 0 fully saturated rings. The Balaban J connectivity index is 1.55. The zero-order valence-corrected chi connectivity index (χ0v) is 18.3. The van der Waals surface area contributed by atoms with Gasteiger partial charge < -0.3 is 25.0 Å². The van der Waals surface area contributed by atoms with E-state index in [1.54, 1.807) is 18.6 Å². The summed E-state index contributed by atoms with van der Waals surface area (Å²) < 4.78 is 1.89. The summed E-state index contributed by atoms with van der Waals surface area (Å²) in [6, 6.07) is 14.0. The number of nitrogens with one attached hydrogen (secondary N) is 3. The summed E-state index contributed by atoms with van der Waals surface area (Å²) in [6.45, 7) is 1.95. The number of rotatable bonds is 7. The molecule has 4 N–H and O–H groups in total. The lowest BCUT2D eigenvalue weighted by Crippen LogP contribution is -2.32. The summed E-state index contributed by atoms with van der Waals surface area (Å²) in [5, 5.41) is 12.9. The lowest BCUT2D eigenvalue weighted by molar-refractivity contribution is -0.137. The Morgan fingerprint density at radius 1 is 1.21 bits per heavy atom. The van der Waals surface area contributed by atoms with Crippen molar-refractivity contribution < 1.29 is 9.90 Å². The number of hydrogen-bond acceptors (Lipinski definition) is 5. The number of anilines is 1. The van der Waals surface area contributed by atoms with Gasteiger partial charge >= 0.3 is 5.97 Å². The number of carboxylic acid groups (broad SMARTS) is 1. The van der Waals surface area contributed by atoms with Crippen LogP contribution in [0.15, 0.2) is 78.2 Å². The summed E-state index contributed by atoms with van der Waals surface area (Å²) in [7, 11) is 0. The van der Waals surface area contributed by atoms with Gasteiger partial charge in [-0.05, 0) is 36.2 Å². The van der Waals surface area contributed by atoms with Gasteiger partial charge in [0.2, 0.25) is 0 Å². The number of benzene rings is 2. The van der Waals surface area contributed by atoms with Crippen LogP contribution < -0.4 is 10.9 Å². The first kappa shape index (κ1) is 21.2. The van der Waals surface area contributed by atoms with E-state index in [0.29, 0.717) is 11.5 Å². The van der Waals surface area contributed by atoms with E-state index in [1.165, 1.54) is 6.20 Å². The highest BCUT2D eigenvalue weighted by Crippen LogP contribution is 2.28. The summed E-state index contributed by atoms with van der Waals surface area (Å²) >= 11 is 0. The summed E-state index contributed by atoms with van der Waals surface area (Å²) in [4.78, 5) is 39.5. The molecule has 3 aromatic heterocycles. The zero-order valence-electron chi connectivity index (χ0n) is 18.3. The van der Waals surface area contributed by atoms with Crippen LogP contribution in [0.25, 0.3) is 28.1 Å². The summed E-state index contributed by atoms with van der Waals surface area (Å²) in [5.74, 6) is -0.658. The minimum Gasteiger partial charge on any atom is -0.480 e. The molecule has 5 aromatic rings. The van der Waals surface area contributed by atoms with Crippen molar-refractivity contribution in [1.82, 2.24) is 24.5 Å². The Morgan fingerprint density at radius 3 is 2.76 bits per heavy atom. The van der Waals surface area contributed by atoms with Crippen molar-refractivity contribution in [2.24, 2.45) is 0 Å². The largest absolute Gasteiger partial charge is 0.480 e. The third-order valence-corrected chi connectivity index (χ3v) is 5.67. The van der Waals surface area contributed by atoms with Gasteiger partial charge in [0.15, 0.2) is 0 Å². The molecule has 0 saturated carbocycles. The van der Waals surface area contributed by atoms with Crippen LogP contribution in [0.5, 0.6) is 0 Å². The van der Waals surface area contributed by atoms with Crippen molar-refractivity contribution >= 4 is 22.7 Å². The maximum absolute atomic E-state index is 12.9. The van der Waals surface area contributed by atoms with Crippen molar-refractivity contribution in [2.45, 2.75) is 19.4 Å². The summed E-state index contributed by atoms with van der Waals surface area (Å²) in [5.41, 5.74) is 4.46. The molecule has 1 atom stereocenters. The molecule has 0 saturated heterocycles. The van der Waals surface area contributed by atoms with Gasteiger partial charge in [-0.1, -0.05) is 30.3 Å². The van der Waals surface area contributed by atoms with Gasteiger partial charge in [0.05, 0.1) is 23.0 Å². The van der Waals surface area contributed by atoms with E-state index in [2.05, 4.69) is 25.3 Å². The molecule has 0 aliphatic rings. The fraction of sp³-hybridized carbons (Fsp3) is 0.120. The molecule has 0 spiro atoms. The third-order valence-electron chi connectivity index (χ3n) is 5.67. The van der Waals surface area contributed by atoms with Crippen LogP contribution in [-0.2, 0) is 11.2 Å². The average Bonchev–Trinajstić information content (AvgIpc) is 3.50. The van der Waals surface area contributed by atoms with Crippen molar-refractivity contribution in [3.63, 3.8) is 0 Å². The van der Waals surface area contributed by atoms with Gasteiger partial charge in [0.1, 0.15) is 17.4 Å². The van der Waals surface area contributed by atoms with Crippen molar-refractivity contribution in [3.05, 3.63) is 94.9 Å². The van der Waals surface area contributed by atoms with Gasteiger partial charge in [0, 0.05) is 30.7 Å². The minimum atomic E-state index is -1.01. The smallest absolute Gasteiger partial charge is 0.326 e. The van der Waals surface area contributed by atoms with E-state index in [1.807, 2.05) is 60.2 Å². The van der Waals surface area contributed by atoms with Crippen LogP contribution in [0.1, 0.15) is 11.1 Å². The SMILES string of the molecule is Cc1cc(-n2ccnc2)cc2[nH]c(-c3c(NC(Cc4ccccc4)C(=O)O)cc[nH]c3=O)nc12. The molecule has 170 valence electrons. The predicted molar refractivity (Wildman–Crippen MR) is 129 cm³/mol. The summed E-state index contributed by atoms with van der Waals surface area (Å²) in [6.07, 6.45) is 7.01. The van der Waals surface area contributed by atoms with Crippen LogP contribution in [0.2, 0.25) is 0 Å². The van der Waals surface area contributed by atoms with Crippen molar-refractivity contribution in [1.29, 1.82) is 0 Å². The lowest BCUT2D eigenvalue weighted by atomic mass is 10.1. The van der Waals surface area contributed by atoms with Crippen LogP contribution in [0.4, 0.5) is 5.69 Å². The van der Waals surface area contributed by atoms with Crippen molar-refractivity contribution in [3.8, 4) is 17.1 Å². The number of pyridine rings is 1. The Kier molecular flexibility index (Phi) is 5.43. The number of imidazole rings is 2. The lowest BCUT2D eigenvalue weighted by Gasteiger charge is -2.17. The maximum Gasteiger partial charge on any atom is 0.326 e. The Hall–Kier alpha value is -4.66. The molecule has 0 radical (unpaired) electrons. The molecule has 0 aliphatic carbocycles. The highest BCUT2D eigenvalue weighted by atomic mass is 16.4. The van der Waals surface area contributed by atoms with E-state index in [9.17, 15) is 14.7 Å². The van der Waals surface area contributed by atoms with E-state index >= 15 is 0 Å². The number of carbonyl (C=O) groups is 1. The highest BCUT2D eigenvalue weighted by Gasteiger charge is 2.22. The first-order chi connectivity index (χ1) is 16.5. The molecule has 3 heterocycles. The molecule has 0 amide bonds. The normalized spacial score (nSPS) is 12.0. The molecule has 34 heavy (non-hydrogen) atoms. The molecule has 9 nitrogen and oxygen atoms in total. The number of aryl methyl sites for hydroxylation is 1. The standard InChI is InChI=1S/C25H22N6O3/c1-15-11-17(31-10-9-26-14-31)13-19-22(15)30-23(29-19)21-18(7-8-27-24(21)32)28-20(25(33)34)12-16-5-3-2-4-6-16/h2-11,13-14,20H,12H2,1H3,(H,29,30)(H,33,34)(H2,27,28,32). The van der Waals surface area contributed by atoms with Crippen LogP contribution in [0.3, 0.4) is 0 Å². The topological polar surface area (TPSA) is 129 Å². The molecular formula is C25H22N6O3. The Morgan fingerprint density at radius 2 is 2.03 bits per heavy atom. The number of hydrogen-bond donors (Lipinski definition) is 4. The van der Waals surface area contributed by atoms with Gasteiger partial charge in [-0.2, -0.15) is 0 Å². The number of fused-ring (bicyclic) bond motifs is 1. The highest BCUT2D eigenvalue weighted by molar-refractivity contribution is 5.87. The predicted octanol–water partition coefficient (Wildman–Crippen LogP) is 3.52. The van der Waals surface area contributed by atoms with E-state index < -0.39 is 12.0 Å². The number of H-pyrrole nitrogens is 2. The van der Waals surface area contributed by atoms with Gasteiger partial charge in [-0.15, -0.1) is 0 Å². The minimum absolute atomic E-state index is 0.251. The number of aromatic amines is 2. The van der Waals surface area contributed by atoms with Crippen LogP contribution in [-0.4, -0.2) is 41.6 Å². The van der Waals surface area contributed by atoms with Gasteiger partial charge in [-0.3, -0.25) is 4.79 Å². The number of aliphatic carboxylic acids is 1. The number of carboxylic acids is 1. The number of nitrogens with zero attached hydrogens (tertiary/aromatic N) is 3. The van der Waals surface area contributed by atoms with Gasteiger partial charge in [0.25, 0.3) is 5.56 Å².